The summed E-state index contributed by atoms with van der Waals surface area (Å²) in [5.74, 6) is -1.06. The van der Waals surface area contributed by atoms with Crippen LogP contribution in [-0.4, -0.2) is 15.6 Å². The molecule has 1 aromatic heterocycles. The third-order valence-electron chi connectivity index (χ3n) is 4.76. The van der Waals surface area contributed by atoms with Crippen molar-refractivity contribution in [2.24, 2.45) is 5.92 Å². The highest BCUT2D eigenvalue weighted by molar-refractivity contribution is 5.79. The van der Waals surface area contributed by atoms with Gasteiger partial charge in [-0.05, 0) is 6.42 Å². The monoisotopic (exact) mass is 350 g/mol. The molecular formula is C21H22N2O3. The zero-order chi connectivity index (χ0) is 18.7. The molecule has 0 saturated carbocycles. The number of benzene rings is 2. The maximum absolute atomic E-state index is 12.8. The van der Waals surface area contributed by atoms with Gasteiger partial charge in [-0.1, -0.05) is 74.5 Å². The Hall–Kier alpha value is -3.08. The van der Waals surface area contributed by atoms with Gasteiger partial charge in [0.15, 0.2) is 11.4 Å². The van der Waals surface area contributed by atoms with Crippen molar-refractivity contribution in [2.45, 2.75) is 26.3 Å². The van der Waals surface area contributed by atoms with Gasteiger partial charge in [-0.3, -0.25) is 0 Å². The molecule has 0 saturated heterocycles. The summed E-state index contributed by atoms with van der Waals surface area (Å²) in [7, 11) is 0. The summed E-state index contributed by atoms with van der Waals surface area (Å²) in [6, 6.07) is 18.0. The van der Waals surface area contributed by atoms with E-state index < -0.39 is 12.0 Å². The lowest BCUT2D eigenvalue weighted by molar-refractivity contribution is -0.593. The molecule has 0 fully saturated rings. The second-order valence-electron chi connectivity index (χ2n) is 6.45. The van der Waals surface area contributed by atoms with E-state index in [4.69, 9.17) is 0 Å². The van der Waals surface area contributed by atoms with Gasteiger partial charge in [0.25, 0.3) is 0 Å². The number of imidazole rings is 1. The molecule has 0 aliphatic rings. The van der Waals surface area contributed by atoms with Gasteiger partial charge in [0.05, 0.1) is 0 Å². The van der Waals surface area contributed by atoms with Crippen LogP contribution in [0, 0.1) is 11.1 Å². The van der Waals surface area contributed by atoms with Gasteiger partial charge < -0.3 is 10.3 Å². The number of nitrogens with zero attached hydrogens (tertiary/aromatic N) is 2. The zero-order valence-electron chi connectivity index (χ0n) is 14.9. The van der Waals surface area contributed by atoms with E-state index in [2.05, 4.69) is 0 Å². The second-order valence-corrected chi connectivity index (χ2v) is 6.45. The Labute approximate surface area is 152 Å². The lowest BCUT2D eigenvalue weighted by atomic mass is 9.97. The Morgan fingerprint density at radius 1 is 1.08 bits per heavy atom. The van der Waals surface area contributed by atoms with Crippen molar-refractivity contribution in [3.8, 4) is 22.5 Å². The highest BCUT2D eigenvalue weighted by atomic mass is 16.5. The molecule has 134 valence electrons. The summed E-state index contributed by atoms with van der Waals surface area (Å²) >= 11 is 0. The van der Waals surface area contributed by atoms with Crippen molar-refractivity contribution >= 4 is 5.97 Å². The molecule has 0 unspecified atom stereocenters. The number of hydrogen-bond donors (Lipinski definition) is 1. The van der Waals surface area contributed by atoms with Gasteiger partial charge in [0.1, 0.15) is 0 Å². The van der Waals surface area contributed by atoms with Crippen LogP contribution in [-0.2, 0) is 4.79 Å². The average molecular weight is 350 g/mol. The first-order chi connectivity index (χ1) is 12.5. The fraction of sp³-hybridized carbons (Fsp3) is 0.238. The first-order valence-corrected chi connectivity index (χ1v) is 8.72. The number of aliphatic carboxylic acids is 1. The number of hydrogen-bond acceptors (Lipinski definition) is 2. The topological polar surface area (TPSA) is 69.2 Å². The van der Waals surface area contributed by atoms with Crippen molar-refractivity contribution < 1.29 is 14.6 Å². The number of aromatic nitrogens is 2. The van der Waals surface area contributed by atoms with Gasteiger partial charge in [-0.25, -0.2) is 14.1 Å². The minimum absolute atomic E-state index is 0.119. The minimum atomic E-state index is -0.938. The predicted octanol–water partition coefficient (Wildman–Crippen LogP) is 4.13. The van der Waals surface area contributed by atoms with E-state index in [0.717, 1.165) is 15.9 Å². The number of rotatable bonds is 6. The number of carboxylic acids is 1. The van der Waals surface area contributed by atoms with Gasteiger partial charge in [0.2, 0.25) is 12.4 Å². The van der Waals surface area contributed by atoms with Crippen LogP contribution >= 0.6 is 0 Å². The molecule has 26 heavy (non-hydrogen) atoms. The van der Waals surface area contributed by atoms with Crippen LogP contribution in [0.5, 0.6) is 0 Å². The normalized spacial score (nSPS) is 13.3. The minimum Gasteiger partial charge on any atom is -0.710 e. The van der Waals surface area contributed by atoms with Gasteiger partial charge in [0, 0.05) is 17.0 Å². The Bertz CT molecular complexity index is 888. The maximum atomic E-state index is 12.8. The Kier molecular flexibility index (Phi) is 5.07. The van der Waals surface area contributed by atoms with Crippen LogP contribution in [0.25, 0.3) is 22.5 Å². The van der Waals surface area contributed by atoms with Crippen molar-refractivity contribution in [3.05, 3.63) is 72.2 Å². The Morgan fingerprint density at radius 3 is 2.12 bits per heavy atom. The van der Waals surface area contributed by atoms with Crippen molar-refractivity contribution in [2.75, 3.05) is 0 Å². The predicted molar refractivity (Wildman–Crippen MR) is 100 cm³/mol. The molecule has 5 heteroatoms. The first kappa shape index (κ1) is 17.7. The van der Waals surface area contributed by atoms with E-state index in [1.807, 2.05) is 74.5 Å². The van der Waals surface area contributed by atoms with Gasteiger partial charge in [-0.15, -0.1) is 0 Å². The molecule has 0 aliphatic heterocycles. The second kappa shape index (κ2) is 7.44. The summed E-state index contributed by atoms with van der Waals surface area (Å²) in [5, 5.41) is 22.6. The fourth-order valence-corrected chi connectivity index (χ4v) is 3.27. The van der Waals surface area contributed by atoms with E-state index in [1.165, 1.54) is 6.33 Å². The summed E-state index contributed by atoms with van der Waals surface area (Å²) < 4.78 is 2.39. The molecule has 3 aromatic rings. The summed E-state index contributed by atoms with van der Waals surface area (Å²) in [4.78, 5) is 12.0. The smallest absolute Gasteiger partial charge is 0.349 e. The molecule has 1 heterocycles. The van der Waals surface area contributed by atoms with E-state index in [-0.39, 0.29) is 5.92 Å². The quantitative estimate of drug-likeness (QED) is 0.537. The van der Waals surface area contributed by atoms with Crippen LogP contribution in [0.3, 0.4) is 0 Å². The van der Waals surface area contributed by atoms with E-state index >= 15 is 0 Å². The lowest BCUT2D eigenvalue weighted by Crippen LogP contribution is -2.29. The van der Waals surface area contributed by atoms with Crippen molar-refractivity contribution in [3.63, 3.8) is 0 Å². The summed E-state index contributed by atoms with van der Waals surface area (Å²) in [6.45, 7) is 3.85. The van der Waals surface area contributed by atoms with Crippen LogP contribution in [0.15, 0.2) is 67.0 Å². The Morgan fingerprint density at radius 2 is 1.62 bits per heavy atom. The number of carbonyl (C=O) groups is 1. The third kappa shape index (κ3) is 3.20. The summed E-state index contributed by atoms with van der Waals surface area (Å²) in [5.41, 5.74) is 2.66. The molecule has 2 aromatic carbocycles. The van der Waals surface area contributed by atoms with E-state index in [0.29, 0.717) is 17.8 Å². The average Bonchev–Trinajstić information content (AvgIpc) is 2.99. The highest BCUT2D eigenvalue weighted by Gasteiger charge is 2.35. The molecule has 3 rings (SSSR count). The lowest BCUT2D eigenvalue weighted by Gasteiger charge is -2.17. The molecule has 1 N–H and O–H groups in total. The van der Waals surface area contributed by atoms with Crippen LogP contribution < -0.4 is 4.73 Å². The van der Waals surface area contributed by atoms with Gasteiger partial charge >= 0.3 is 5.97 Å². The van der Waals surface area contributed by atoms with E-state index in [9.17, 15) is 15.1 Å². The largest absolute Gasteiger partial charge is 0.710 e. The Balaban J connectivity index is 2.31. The van der Waals surface area contributed by atoms with E-state index in [1.54, 1.807) is 4.57 Å². The van der Waals surface area contributed by atoms with Gasteiger partial charge in [-0.2, -0.15) is 0 Å². The fourth-order valence-electron chi connectivity index (χ4n) is 3.27. The molecule has 2 atom stereocenters. The SMILES string of the molecule is CC[C@@H](C)[C@H](C(=O)O)n1c[n+]([O-])c(-c2ccccc2)c1-c1ccccc1. The molecule has 0 aliphatic carbocycles. The van der Waals surface area contributed by atoms with Crippen LogP contribution in [0.4, 0.5) is 0 Å². The molecule has 0 radical (unpaired) electrons. The molecule has 0 spiro atoms. The standard InChI is InChI=1S/C21H22N2O3/c1-3-15(2)18(21(24)25)22-14-23(26)20(17-12-8-5-9-13-17)19(22)16-10-6-4-7-11-16/h4-15,18H,3H2,1-2H3,(H,24,25)/t15-,18-/m1/s1. The zero-order valence-corrected chi connectivity index (χ0v) is 14.9. The molecule has 0 amide bonds. The molecule has 0 bridgehead atoms. The third-order valence-corrected chi connectivity index (χ3v) is 4.76. The van der Waals surface area contributed by atoms with Crippen LogP contribution in [0.1, 0.15) is 26.3 Å². The molecule has 5 nitrogen and oxygen atoms in total. The first-order valence-electron chi connectivity index (χ1n) is 8.72. The maximum Gasteiger partial charge on any atom is 0.349 e. The number of carboxylic acid groups (broad SMARTS) is 1. The van der Waals surface area contributed by atoms with Crippen molar-refractivity contribution in [1.82, 2.24) is 4.57 Å². The van der Waals surface area contributed by atoms with Crippen molar-refractivity contribution in [1.29, 1.82) is 0 Å². The highest BCUT2D eigenvalue weighted by Crippen LogP contribution is 2.34. The van der Waals surface area contributed by atoms with Crippen LogP contribution in [0.2, 0.25) is 0 Å². The molecular weight excluding hydrogens is 328 g/mol. The summed E-state index contributed by atoms with van der Waals surface area (Å²) in [6.07, 6.45) is 2.05.